The number of rotatable bonds is 6. The van der Waals surface area contributed by atoms with Crippen molar-refractivity contribution >= 4 is 33.7 Å². The maximum absolute atomic E-state index is 6.36. The van der Waals surface area contributed by atoms with E-state index in [9.17, 15) is 0 Å². The van der Waals surface area contributed by atoms with Gasteiger partial charge in [0, 0.05) is 23.0 Å². The van der Waals surface area contributed by atoms with Crippen LogP contribution in [0.25, 0.3) is 21.5 Å². The molecule has 7 heteroatoms. The summed E-state index contributed by atoms with van der Waals surface area (Å²) in [6.45, 7) is 1.41. The van der Waals surface area contributed by atoms with Crippen molar-refractivity contribution in [1.82, 2.24) is 14.9 Å². The number of hydrazine groups is 1. The van der Waals surface area contributed by atoms with Crippen LogP contribution in [0.15, 0.2) is 60.8 Å². The summed E-state index contributed by atoms with van der Waals surface area (Å²) in [5.74, 6) is 6.94. The number of hydrogen-bond donors (Lipinski definition) is 2. The molecule has 0 aliphatic rings. The topological polar surface area (TPSA) is 84.3 Å². The monoisotopic (exact) mass is 404 g/mol. The Morgan fingerprint density at radius 2 is 1.86 bits per heavy atom. The van der Waals surface area contributed by atoms with E-state index in [4.69, 9.17) is 16.6 Å². The van der Waals surface area contributed by atoms with Crippen LogP contribution in [0.1, 0.15) is 10.4 Å². The Bertz CT molecular complexity index is 1140. The van der Waals surface area contributed by atoms with E-state index in [1.807, 2.05) is 36.4 Å². The first-order chi connectivity index (χ1) is 14.0. The van der Waals surface area contributed by atoms with E-state index in [1.165, 1.54) is 4.88 Å². The minimum absolute atomic E-state index is 0.502. The Morgan fingerprint density at radius 1 is 1.00 bits per heavy atom. The molecule has 0 saturated heterocycles. The van der Waals surface area contributed by atoms with Gasteiger partial charge in [0.05, 0.1) is 28.3 Å². The van der Waals surface area contributed by atoms with Gasteiger partial charge in [-0.2, -0.15) is 0 Å². The van der Waals surface area contributed by atoms with Gasteiger partial charge in [-0.1, -0.05) is 12.1 Å². The molecule has 3 heterocycles. The predicted octanol–water partition coefficient (Wildman–Crippen LogP) is 3.88. The highest BCUT2D eigenvalue weighted by Gasteiger charge is 2.13. The third kappa shape index (κ3) is 4.37. The Hall–Kier alpha value is -3.00. The van der Waals surface area contributed by atoms with Crippen LogP contribution in [0.4, 0.5) is 11.5 Å². The number of pyridine rings is 2. The molecule has 4 aromatic rings. The lowest BCUT2D eigenvalue weighted by Gasteiger charge is -2.20. The van der Waals surface area contributed by atoms with Gasteiger partial charge in [-0.25, -0.2) is 10.8 Å². The smallest absolute Gasteiger partial charge is 0.166 e. The highest BCUT2D eigenvalue weighted by Crippen LogP contribution is 2.31. The zero-order valence-corrected chi connectivity index (χ0v) is 17.4. The largest absolute Gasteiger partial charge is 0.396 e. The van der Waals surface area contributed by atoms with Crippen molar-refractivity contribution in [3.05, 3.63) is 71.2 Å². The number of nitrogens with two attached hydrogens (primary N) is 2. The first kappa shape index (κ1) is 19.3. The molecule has 3 aromatic heterocycles. The Morgan fingerprint density at radius 3 is 2.69 bits per heavy atom. The van der Waals surface area contributed by atoms with Crippen LogP contribution in [0.5, 0.6) is 0 Å². The van der Waals surface area contributed by atoms with E-state index < -0.39 is 0 Å². The third-order valence-electron chi connectivity index (χ3n) is 4.58. The fourth-order valence-corrected chi connectivity index (χ4v) is 4.33. The van der Waals surface area contributed by atoms with E-state index >= 15 is 0 Å². The molecule has 6 nitrogen and oxygen atoms in total. The fourth-order valence-electron chi connectivity index (χ4n) is 3.23. The summed E-state index contributed by atoms with van der Waals surface area (Å²) in [7, 11) is 4.13. The lowest BCUT2D eigenvalue weighted by molar-refractivity contribution is 0.406. The summed E-state index contributed by atoms with van der Waals surface area (Å²) < 4.78 is 0. The molecule has 4 rings (SSSR count). The van der Waals surface area contributed by atoms with Gasteiger partial charge in [0.1, 0.15) is 0 Å². The molecule has 0 radical (unpaired) electrons. The molecule has 0 fully saturated rings. The number of anilines is 2. The average Bonchev–Trinajstić information content (AvgIpc) is 3.16. The molecule has 29 heavy (non-hydrogen) atoms. The summed E-state index contributed by atoms with van der Waals surface area (Å²) >= 11 is 1.73. The van der Waals surface area contributed by atoms with Crippen molar-refractivity contribution in [1.29, 1.82) is 0 Å². The Kier molecular flexibility index (Phi) is 5.44. The van der Waals surface area contributed by atoms with E-state index in [1.54, 1.807) is 22.5 Å². The molecule has 0 atom stereocenters. The first-order valence-electron chi connectivity index (χ1n) is 9.36. The molecular weight excluding hydrogens is 380 g/mol. The summed E-state index contributed by atoms with van der Waals surface area (Å²) in [5.41, 5.74) is 9.66. The van der Waals surface area contributed by atoms with Crippen LogP contribution >= 0.6 is 11.3 Å². The second kappa shape index (κ2) is 8.16. The molecule has 0 saturated carbocycles. The number of benzene rings is 1. The Labute approximate surface area is 174 Å². The van der Waals surface area contributed by atoms with Crippen molar-refractivity contribution in [2.75, 3.05) is 24.8 Å². The molecule has 0 aliphatic carbocycles. The lowest BCUT2D eigenvalue weighted by atomic mass is 10.1. The first-order valence-corrected chi connectivity index (χ1v) is 10.2. The molecule has 0 amide bonds. The summed E-state index contributed by atoms with van der Waals surface area (Å²) in [4.78, 5) is 13.7. The summed E-state index contributed by atoms with van der Waals surface area (Å²) in [6, 6.07) is 18.2. The molecule has 148 valence electrons. The van der Waals surface area contributed by atoms with Crippen LogP contribution in [0.2, 0.25) is 0 Å². The molecule has 0 unspecified atom stereocenters. The zero-order valence-electron chi connectivity index (χ0n) is 16.5. The molecule has 0 bridgehead atoms. The van der Waals surface area contributed by atoms with Crippen LogP contribution in [-0.4, -0.2) is 29.0 Å². The van der Waals surface area contributed by atoms with Crippen molar-refractivity contribution in [2.24, 2.45) is 5.84 Å². The van der Waals surface area contributed by atoms with E-state index in [0.29, 0.717) is 18.1 Å². The number of fused-ring (bicyclic) bond motifs is 1. The van der Waals surface area contributed by atoms with E-state index in [0.717, 1.165) is 33.6 Å². The molecule has 0 spiro atoms. The summed E-state index contributed by atoms with van der Waals surface area (Å²) in [6.07, 6.45) is 1.79. The van der Waals surface area contributed by atoms with Crippen molar-refractivity contribution < 1.29 is 0 Å². The normalized spacial score (nSPS) is 11.3. The van der Waals surface area contributed by atoms with Gasteiger partial charge in [-0.3, -0.25) is 9.99 Å². The number of aromatic nitrogens is 2. The zero-order chi connectivity index (χ0) is 20.4. The van der Waals surface area contributed by atoms with E-state index in [2.05, 4.69) is 42.2 Å². The van der Waals surface area contributed by atoms with Gasteiger partial charge < -0.3 is 10.6 Å². The average molecular weight is 405 g/mol. The number of thiophene rings is 1. The lowest BCUT2D eigenvalue weighted by Crippen LogP contribution is -2.31. The summed E-state index contributed by atoms with van der Waals surface area (Å²) in [5, 5.41) is 2.69. The number of nitrogens with zero attached hydrogens (tertiary/aromatic N) is 4. The third-order valence-corrected chi connectivity index (χ3v) is 5.68. The fraction of sp³-hybridized carbons (Fsp3) is 0.182. The van der Waals surface area contributed by atoms with Gasteiger partial charge in [-0.05, 0) is 62.1 Å². The van der Waals surface area contributed by atoms with Crippen molar-refractivity contribution in [2.45, 2.75) is 13.1 Å². The van der Waals surface area contributed by atoms with Crippen LogP contribution < -0.4 is 16.6 Å². The van der Waals surface area contributed by atoms with Crippen molar-refractivity contribution in [3.63, 3.8) is 0 Å². The molecular formula is C22H24N6S. The van der Waals surface area contributed by atoms with Gasteiger partial charge in [0.15, 0.2) is 5.82 Å². The van der Waals surface area contributed by atoms with Crippen LogP contribution in [0.3, 0.4) is 0 Å². The standard InChI is InChI=1S/C22H24N6S/c1-27(2)14-17-6-10-21(29-17)20-9-7-18(23)22(26-20)28(24)13-15-5-8-19-16(12-15)4-3-11-25-19/h3-12H,13-14,23-24H2,1-2H3. The maximum atomic E-state index is 6.36. The Balaban J connectivity index is 1.58. The van der Waals surface area contributed by atoms with Gasteiger partial charge in [0.25, 0.3) is 0 Å². The number of hydrogen-bond acceptors (Lipinski definition) is 7. The van der Waals surface area contributed by atoms with Gasteiger partial charge in [0.2, 0.25) is 0 Å². The van der Waals surface area contributed by atoms with Crippen LogP contribution in [-0.2, 0) is 13.1 Å². The van der Waals surface area contributed by atoms with Gasteiger partial charge in [-0.15, -0.1) is 11.3 Å². The maximum Gasteiger partial charge on any atom is 0.166 e. The number of nitrogen functional groups attached to an aromatic ring is 1. The molecule has 0 aliphatic heterocycles. The molecule has 1 aromatic carbocycles. The molecule has 4 N–H and O–H groups in total. The second-order valence-corrected chi connectivity index (χ2v) is 8.44. The predicted molar refractivity (Wildman–Crippen MR) is 121 cm³/mol. The highest BCUT2D eigenvalue weighted by molar-refractivity contribution is 7.15. The minimum atomic E-state index is 0.502. The quantitative estimate of drug-likeness (QED) is 0.375. The van der Waals surface area contributed by atoms with Crippen molar-refractivity contribution in [3.8, 4) is 10.6 Å². The van der Waals surface area contributed by atoms with E-state index in [-0.39, 0.29) is 0 Å². The van der Waals surface area contributed by atoms with Gasteiger partial charge >= 0.3 is 0 Å². The second-order valence-electron chi connectivity index (χ2n) is 7.27. The SMILES string of the molecule is CN(C)Cc1ccc(-c2ccc(N)c(N(N)Cc3ccc4ncccc4c3)n2)s1. The minimum Gasteiger partial charge on any atom is -0.396 e. The highest BCUT2D eigenvalue weighted by atomic mass is 32.1. The van der Waals surface area contributed by atoms with Crippen LogP contribution in [0, 0.1) is 0 Å².